The van der Waals surface area contributed by atoms with Gasteiger partial charge in [0, 0.05) is 10.6 Å². The molecule has 1 aromatic carbocycles. The fourth-order valence-corrected chi connectivity index (χ4v) is 2.69. The zero-order chi connectivity index (χ0) is 13.4. The molecule has 0 radical (unpaired) electrons. The minimum Gasteiger partial charge on any atom is -0.272 e. The van der Waals surface area contributed by atoms with E-state index in [0.717, 1.165) is 22.4 Å². The lowest BCUT2D eigenvalue weighted by Gasteiger charge is -2.04. The van der Waals surface area contributed by atoms with E-state index < -0.39 is 0 Å². The topological polar surface area (TPSA) is 55.7 Å². The van der Waals surface area contributed by atoms with Crippen LogP contribution in [0.25, 0.3) is 22.4 Å². The molecule has 3 rings (SSSR count). The van der Waals surface area contributed by atoms with E-state index in [1.807, 2.05) is 12.3 Å². The third-order valence-electron chi connectivity index (χ3n) is 2.68. The molecule has 0 atom stereocenters. The Morgan fingerprint density at radius 2 is 2.11 bits per heavy atom. The Balaban J connectivity index is 2.31. The van der Waals surface area contributed by atoms with Gasteiger partial charge in [0.15, 0.2) is 11.8 Å². The number of nitrogens with one attached hydrogen (secondary N) is 2. The molecule has 7 heteroatoms. The van der Waals surface area contributed by atoms with E-state index in [1.165, 1.54) is 11.8 Å². The number of nitrogens with zero attached hydrogens (tertiary/aromatic N) is 2. The highest BCUT2D eigenvalue weighted by Crippen LogP contribution is 2.32. The van der Waals surface area contributed by atoms with E-state index in [1.54, 1.807) is 18.5 Å². The predicted octanol–water partition coefficient (Wildman–Crippen LogP) is 3.47. The van der Waals surface area contributed by atoms with Crippen LogP contribution in [-0.2, 0) is 0 Å². The summed E-state index contributed by atoms with van der Waals surface area (Å²) in [6.07, 6.45) is 3.65. The van der Waals surface area contributed by atoms with E-state index in [4.69, 9.17) is 23.2 Å². The maximum atomic E-state index is 6.25. The van der Waals surface area contributed by atoms with Crippen LogP contribution in [0.1, 0.15) is 0 Å². The predicted molar refractivity (Wildman–Crippen MR) is 77.7 cm³/mol. The Labute approximate surface area is 123 Å². The number of imidazole rings is 1. The molecule has 0 unspecified atom stereocenters. The quantitative estimate of drug-likeness (QED) is 0.582. The van der Waals surface area contributed by atoms with Crippen molar-refractivity contribution < 1.29 is 4.98 Å². The average molecular weight is 312 g/mol. The molecular formula is C12H9Cl2N4S+. The van der Waals surface area contributed by atoms with Crippen molar-refractivity contribution in [1.29, 1.82) is 0 Å². The van der Waals surface area contributed by atoms with Crippen molar-refractivity contribution >= 4 is 46.1 Å². The second-order valence-corrected chi connectivity index (χ2v) is 5.46. The molecule has 0 saturated carbocycles. The van der Waals surface area contributed by atoms with Gasteiger partial charge in [0.25, 0.3) is 5.16 Å². The van der Waals surface area contributed by atoms with Gasteiger partial charge in [0.2, 0.25) is 0 Å². The summed E-state index contributed by atoms with van der Waals surface area (Å²) in [4.78, 5) is 15.1. The van der Waals surface area contributed by atoms with Crippen LogP contribution in [-0.4, -0.2) is 21.2 Å². The third kappa shape index (κ3) is 2.29. The van der Waals surface area contributed by atoms with E-state index >= 15 is 0 Å². The number of halogens is 2. The molecule has 0 aliphatic heterocycles. The Morgan fingerprint density at radius 3 is 2.84 bits per heavy atom. The SMILES string of the molecule is CSc1nc(-c2ccc(Cl)cc2Cl)c2[nH]c[nH+]c2n1. The summed E-state index contributed by atoms with van der Waals surface area (Å²) in [6.45, 7) is 0. The number of hydrogen-bond acceptors (Lipinski definition) is 3. The van der Waals surface area contributed by atoms with Crippen molar-refractivity contribution in [3.8, 4) is 11.3 Å². The van der Waals surface area contributed by atoms with Gasteiger partial charge >= 0.3 is 5.65 Å². The van der Waals surface area contributed by atoms with Crippen molar-refractivity contribution in [1.82, 2.24) is 15.0 Å². The number of benzene rings is 1. The number of fused-ring (bicyclic) bond motifs is 1. The van der Waals surface area contributed by atoms with Gasteiger partial charge in [0.1, 0.15) is 5.69 Å². The van der Waals surface area contributed by atoms with Gasteiger partial charge in [-0.3, -0.25) is 4.98 Å². The van der Waals surface area contributed by atoms with E-state index in [0.29, 0.717) is 15.2 Å². The van der Waals surface area contributed by atoms with Crippen LogP contribution in [0.5, 0.6) is 0 Å². The molecule has 19 heavy (non-hydrogen) atoms. The van der Waals surface area contributed by atoms with Crippen molar-refractivity contribution in [2.24, 2.45) is 0 Å². The summed E-state index contributed by atoms with van der Waals surface area (Å²) in [7, 11) is 0. The average Bonchev–Trinajstić information content (AvgIpc) is 2.86. The maximum Gasteiger partial charge on any atom is 0.304 e. The van der Waals surface area contributed by atoms with Crippen LogP contribution in [0, 0.1) is 0 Å². The lowest BCUT2D eigenvalue weighted by Crippen LogP contribution is -2.01. The second kappa shape index (κ2) is 5.00. The minimum absolute atomic E-state index is 0.564. The molecule has 2 heterocycles. The number of H-pyrrole nitrogens is 2. The van der Waals surface area contributed by atoms with Gasteiger partial charge < -0.3 is 0 Å². The molecule has 0 fully saturated rings. The number of thioether (sulfide) groups is 1. The summed E-state index contributed by atoms with van der Waals surface area (Å²) < 4.78 is 0. The minimum atomic E-state index is 0.564. The molecule has 0 aliphatic carbocycles. The summed E-state index contributed by atoms with van der Waals surface area (Å²) >= 11 is 13.7. The molecule has 4 nitrogen and oxygen atoms in total. The van der Waals surface area contributed by atoms with E-state index in [9.17, 15) is 0 Å². The molecule has 0 amide bonds. The van der Waals surface area contributed by atoms with Crippen LogP contribution in [0.3, 0.4) is 0 Å². The smallest absolute Gasteiger partial charge is 0.272 e. The molecule has 0 bridgehead atoms. The largest absolute Gasteiger partial charge is 0.304 e. The van der Waals surface area contributed by atoms with Gasteiger partial charge in [-0.05, 0) is 24.5 Å². The molecular weight excluding hydrogens is 303 g/mol. The highest BCUT2D eigenvalue weighted by atomic mass is 35.5. The first kappa shape index (κ1) is 12.7. The van der Waals surface area contributed by atoms with Crippen LogP contribution in [0.15, 0.2) is 29.7 Å². The molecule has 0 saturated heterocycles. The maximum absolute atomic E-state index is 6.25. The summed E-state index contributed by atoms with van der Waals surface area (Å²) in [5.41, 5.74) is 3.16. The second-order valence-electron chi connectivity index (χ2n) is 3.84. The van der Waals surface area contributed by atoms with Crippen LogP contribution >= 0.6 is 35.0 Å². The first-order chi connectivity index (χ1) is 9.19. The number of rotatable bonds is 2. The van der Waals surface area contributed by atoms with E-state index in [-0.39, 0.29) is 0 Å². The van der Waals surface area contributed by atoms with Gasteiger partial charge in [-0.15, -0.1) is 0 Å². The van der Waals surface area contributed by atoms with Gasteiger partial charge in [0.05, 0.1) is 5.02 Å². The zero-order valence-electron chi connectivity index (χ0n) is 9.87. The summed E-state index contributed by atoms with van der Waals surface area (Å²) in [6, 6.07) is 5.36. The zero-order valence-corrected chi connectivity index (χ0v) is 12.2. The van der Waals surface area contributed by atoms with Crippen molar-refractivity contribution in [2.45, 2.75) is 5.16 Å². The molecule has 3 aromatic rings. The highest BCUT2D eigenvalue weighted by Gasteiger charge is 2.18. The van der Waals surface area contributed by atoms with Crippen molar-refractivity contribution in [2.75, 3.05) is 6.26 Å². The lowest BCUT2D eigenvalue weighted by molar-refractivity contribution is -0.347. The summed E-state index contributed by atoms with van der Waals surface area (Å²) in [5, 5.41) is 1.85. The first-order valence-corrected chi connectivity index (χ1v) is 7.43. The molecule has 2 N–H and O–H groups in total. The van der Waals surface area contributed by atoms with Gasteiger partial charge in [-0.2, -0.15) is 0 Å². The Bertz CT molecular complexity index is 757. The number of aromatic nitrogens is 4. The van der Waals surface area contributed by atoms with Crippen molar-refractivity contribution in [3.05, 3.63) is 34.6 Å². The van der Waals surface area contributed by atoms with Gasteiger partial charge in [-0.1, -0.05) is 39.9 Å². The summed E-state index contributed by atoms with van der Waals surface area (Å²) in [5.74, 6) is 0. The first-order valence-electron chi connectivity index (χ1n) is 5.45. The molecule has 96 valence electrons. The highest BCUT2D eigenvalue weighted by molar-refractivity contribution is 7.98. The van der Waals surface area contributed by atoms with Crippen LogP contribution in [0.2, 0.25) is 10.0 Å². The standard InChI is InChI=1S/C12H8Cl2N4S/c1-19-12-17-9(10-11(18-12)16-5-15-10)7-3-2-6(13)4-8(7)14/h2-5H,1H3,(H,15,16,17,18)/p+1. The van der Waals surface area contributed by atoms with Crippen LogP contribution < -0.4 is 4.98 Å². The normalized spacial score (nSPS) is 11.1. The van der Waals surface area contributed by atoms with E-state index in [2.05, 4.69) is 19.9 Å². The third-order valence-corrected chi connectivity index (χ3v) is 3.78. The van der Waals surface area contributed by atoms with Gasteiger partial charge in [-0.25, -0.2) is 9.97 Å². The molecule has 2 aromatic heterocycles. The Morgan fingerprint density at radius 1 is 1.26 bits per heavy atom. The Kier molecular flexibility index (Phi) is 3.35. The number of aromatic amines is 2. The fraction of sp³-hybridized carbons (Fsp3) is 0.0833. The van der Waals surface area contributed by atoms with Crippen molar-refractivity contribution in [3.63, 3.8) is 0 Å². The van der Waals surface area contributed by atoms with Crippen LogP contribution in [0.4, 0.5) is 0 Å². The Hall–Kier alpha value is -1.30. The lowest BCUT2D eigenvalue weighted by atomic mass is 10.1. The molecule has 0 spiro atoms. The number of hydrogen-bond donors (Lipinski definition) is 1. The molecule has 0 aliphatic rings. The fourth-order valence-electron chi connectivity index (χ4n) is 1.83. The monoisotopic (exact) mass is 311 g/mol.